The van der Waals surface area contributed by atoms with Crippen LogP contribution < -0.4 is 15.4 Å². The number of carbonyl (C=O) groups is 2. The first-order chi connectivity index (χ1) is 9.08. The van der Waals surface area contributed by atoms with Gasteiger partial charge in [-0.3, -0.25) is 0 Å². The fourth-order valence-electron chi connectivity index (χ4n) is 1.51. The molecule has 1 aromatic rings. The van der Waals surface area contributed by atoms with Crippen LogP contribution in [0.1, 0.15) is 20.3 Å². The van der Waals surface area contributed by atoms with Gasteiger partial charge >= 0.3 is 12.0 Å². The third kappa shape index (κ3) is 4.50. The van der Waals surface area contributed by atoms with Gasteiger partial charge in [0.05, 0.1) is 12.3 Å². The molecule has 0 unspecified atom stereocenters. The van der Waals surface area contributed by atoms with Crippen LogP contribution >= 0.6 is 0 Å². The standard InChI is InChI=1S/C13H18N2O4/c1-3-9(12(16)17)14-13(18)15-10-7-5-6-8-11(10)19-4-2/h5-9H,3-4H2,1-2H3,(H,16,17)(H2,14,15,18)/t9-/m1/s1. The van der Waals surface area contributed by atoms with Crippen LogP contribution in [-0.2, 0) is 4.79 Å². The molecule has 3 N–H and O–H groups in total. The van der Waals surface area contributed by atoms with E-state index in [0.29, 0.717) is 24.5 Å². The highest BCUT2D eigenvalue weighted by molar-refractivity contribution is 5.93. The number of amides is 2. The summed E-state index contributed by atoms with van der Waals surface area (Å²) in [7, 11) is 0. The Labute approximate surface area is 111 Å². The number of ether oxygens (including phenoxy) is 1. The van der Waals surface area contributed by atoms with Crippen molar-refractivity contribution >= 4 is 17.7 Å². The summed E-state index contributed by atoms with van der Waals surface area (Å²) in [4.78, 5) is 22.5. The van der Waals surface area contributed by atoms with Crippen molar-refractivity contribution < 1.29 is 19.4 Å². The molecular weight excluding hydrogens is 248 g/mol. The Morgan fingerprint density at radius 2 is 2.00 bits per heavy atom. The summed E-state index contributed by atoms with van der Waals surface area (Å²) in [6.07, 6.45) is 0.315. The topological polar surface area (TPSA) is 87.7 Å². The lowest BCUT2D eigenvalue weighted by Crippen LogP contribution is -2.42. The van der Waals surface area contributed by atoms with Crippen LogP contribution in [-0.4, -0.2) is 29.8 Å². The minimum absolute atomic E-state index is 0.315. The molecule has 0 fully saturated rings. The second kappa shape index (κ2) is 7.25. The lowest BCUT2D eigenvalue weighted by Gasteiger charge is -2.15. The molecule has 0 heterocycles. The highest BCUT2D eigenvalue weighted by atomic mass is 16.5. The Kier molecular flexibility index (Phi) is 5.66. The number of carbonyl (C=O) groups excluding carboxylic acids is 1. The highest BCUT2D eigenvalue weighted by Crippen LogP contribution is 2.23. The van der Waals surface area contributed by atoms with Gasteiger partial charge in [0.1, 0.15) is 11.8 Å². The number of hydrogen-bond donors (Lipinski definition) is 3. The number of urea groups is 1. The number of anilines is 1. The largest absolute Gasteiger partial charge is 0.492 e. The first-order valence-electron chi connectivity index (χ1n) is 6.10. The Bertz CT molecular complexity index is 448. The van der Waals surface area contributed by atoms with Crippen molar-refractivity contribution in [3.05, 3.63) is 24.3 Å². The van der Waals surface area contributed by atoms with Crippen molar-refractivity contribution in [3.8, 4) is 5.75 Å². The summed E-state index contributed by atoms with van der Waals surface area (Å²) in [6, 6.07) is 5.49. The molecule has 1 aromatic carbocycles. The number of hydrogen-bond acceptors (Lipinski definition) is 3. The second-order valence-electron chi connectivity index (χ2n) is 3.83. The van der Waals surface area contributed by atoms with Crippen molar-refractivity contribution in [2.45, 2.75) is 26.3 Å². The molecule has 0 bridgehead atoms. The van der Waals surface area contributed by atoms with E-state index in [0.717, 1.165) is 0 Å². The van der Waals surface area contributed by atoms with Crippen molar-refractivity contribution in [1.29, 1.82) is 0 Å². The number of carboxylic acid groups (broad SMARTS) is 1. The quantitative estimate of drug-likeness (QED) is 0.735. The molecule has 0 saturated carbocycles. The average molecular weight is 266 g/mol. The van der Waals surface area contributed by atoms with Gasteiger partial charge in [0.15, 0.2) is 0 Å². The molecule has 1 rings (SSSR count). The third-order valence-electron chi connectivity index (χ3n) is 2.45. The monoisotopic (exact) mass is 266 g/mol. The molecular formula is C13H18N2O4. The van der Waals surface area contributed by atoms with Gasteiger partial charge in [-0.05, 0) is 25.5 Å². The molecule has 0 saturated heterocycles. The summed E-state index contributed by atoms with van der Waals surface area (Å²) >= 11 is 0. The van der Waals surface area contributed by atoms with Crippen LogP contribution in [0.2, 0.25) is 0 Å². The molecule has 19 heavy (non-hydrogen) atoms. The number of carboxylic acids is 1. The van der Waals surface area contributed by atoms with E-state index in [-0.39, 0.29) is 0 Å². The van der Waals surface area contributed by atoms with Gasteiger partial charge in [0, 0.05) is 0 Å². The fourth-order valence-corrected chi connectivity index (χ4v) is 1.51. The predicted molar refractivity (Wildman–Crippen MR) is 71.5 cm³/mol. The van der Waals surface area contributed by atoms with E-state index in [1.54, 1.807) is 31.2 Å². The molecule has 6 heteroatoms. The Hall–Kier alpha value is -2.24. The summed E-state index contributed by atoms with van der Waals surface area (Å²) in [5.74, 6) is -0.515. The number of rotatable bonds is 6. The van der Waals surface area contributed by atoms with E-state index < -0.39 is 18.0 Å². The third-order valence-corrected chi connectivity index (χ3v) is 2.45. The van der Waals surface area contributed by atoms with Crippen molar-refractivity contribution in [1.82, 2.24) is 5.32 Å². The Balaban J connectivity index is 2.69. The Morgan fingerprint density at radius 1 is 1.32 bits per heavy atom. The SMILES string of the molecule is CCOc1ccccc1NC(=O)N[C@H](CC)C(=O)O. The summed E-state index contributed by atoms with van der Waals surface area (Å²) < 4.78 is 5.36. The van der Waals surface area contributed by atoms with E-state index in [4.69, 9.17) is 9.84 Å². The van der Waals surface area contributed by atoms with Crippen LogP contribution in [0.4, 0.5) is 10.5 Å². The first kappa shape index (κ1) is 14.8. The molecule has 0 aliphatic carbocycles. The highest BCUT2D eigenvalue weighted by Gasteiger charge is 2.18. The van der Waals surface area contributed by atoms with Crippen LogP contribution in [0.5, 0.6) is 5.75 Å². The zero-order valence-electron chi connectivity index (χ0n) is 11.0. The molecule has 0 spiro atoms. The molecule has 1 atom stereocenters. The average Bonchev–Trinajstić information content (AvgIpc) is 2.38. The van der Waals surface area contributed by atoms with E-state index >= 15 is 0 Å². The minimum atomic E-state index is -1.06. The van der Waals surface area contributed by atoms with Gasteiger partial charge < -0.3 is 20.5 Å². The molecule has 2 amide bonds. The molecule has 0 radical (unpaired) electrons. The smallest absolute Gasteiger partial charge is 0.326 e. The van der Waals surface area contributed by atoms with Crippen molar-refractivity contribution in [2.75, 3.05) is 11.9 Å². The molecule has 0 aliphatic heterocycles. The molecule has 0 aliphatic rings. The lowest BCUT2D eigenvalue weighted by molar-refractivity contribution is -0.139. The number of nitrogens with one attached hydrogen (secondary N) is 2. The number of aliphatic carboxylic acids is 1. The number of para-hydroxylation sites is 2. The summed E-state index contributed by atoms with van der Waals surface area (Å²) in [5, 5.41) is 13.8. The lowest BCUT2D eigenvalue weighted by atomic mass is 10.2. The van der Waals surface area contributed by atoms with Gasteiger partial charge in [-0.2, -0.15) is 0 Å². The van der Waals surface area contributed by atoms with Crippen LogP contribution in [0, 0.1) is 0 Å². The fraction of sp³-hybridized carbons (Fsp3) is 0.385. The van der Waals surface area contributed by atoms with E-state index in [1.807, 2.05) is 6.92 Å². The van der Waals surface area contributed by atoms with Gasteiger partial charge in [-0.15, -0.1) is 0 Å². The molecule has 6 nitrogen and oxygen atoms in total. The molecule has 104 valence electrons. The number of benzene rings is 1. The van der Waals surface area contributed by atoms with Crippen LogP contribution in [0.15, 0.2) is 24.3 Å². The zero-order chi connectivity index (χ0) is 14.3. The maximum absolute atomic E-state index is 11.7. The first-order valence-corrected chi connectivity index (χ1v) is 6.10. The van der Waals surface area contributed by atoms with Gasteiger partial charge in [0.25, 0.3) is 0 Å². The van der Waals surface area contributed by atoms with E-state index in [2.05, 4.69) is 10.6 Å². The normalized spacial score (nSPS) is 11.5. The van der Waals surface area contributed by atoms with Crippen molar-refractivity contribution in [2.24, 2.45) is 0 Å². The van der Waals surface area contributed by atoms with Gasteiger partial charge in [-0.25, -0.2) is 9.59 Å². The summed E-state index contributed by atoms with van der Waals surface area (Å²) in [6.45, 7) is 4.01. The van der Waals surface area contributed by atoms with Crippen LogP contribution in [0.25, 0.3) is 0 Å². The minimum Gasteiger partial charge on any atom is -0.492 e. The second-order valence-corrected chi connectivity index (χ2v) is 3.83. The van der Waals surface area contributed by atoms with Crippen molar-refractivity contribution in [3.63, 3.8) is 0 Å². The van der Waals surface area contributed by atoms with E-state index in [1.165, 1.54) is 0 Å². The van der Waals surface area contributed by atoms with E-state index in [9.17, 15) is 9.59 Å². The maximum atomic E-state index is 11.7. The predicted octanol–water partition coefficient (Wildman–Crippen LogP) is 2.07. The zero-order valence-corrected chi connectivity index (χ0v) is 11.0. The van der Waals surface area contributed by atoms with Crippen LogP contribution in [0.3, 0.4) is 0 Å². The summed E-state index contributed by atoms with van der Waals surface area (Å²) in [5.41, 5.74) is 0.502. The van der Waals surface area contributed by atoms with Gasteiger partial charge in [-0.1, -0.05) is 19.1 Å². The molecule has 0 aromatic heterocycles. The van der Waals surface area contributed by atoms with Gasteiger partial charge in [0.2, 0.25) is 0 Å². The maximum Gasteiger partial charge on any atom is 0.326 e. The Morgan fingerprint density at radius 3 is 2.58 bits per heavy atom.